The lowest BCUT2D eigenvalue weighted by Gasteiger charge is -2.32. The zero-order valence-corrected chi connectivity index (χ0v) is 18.9. The number of aromatic nitrogens is 5. The van der Waals surface area contributed by atoms with Crippen molar-refractivity contribution in [2.24, 2.45) is 0 Å². The highest BCUT2D eigenvalue weighted by molar-refractivity contribution is 5.94. The summed E-state index contributed by atoms with van der Waals surface area (Å²) >= 11 is 0. The summed E-state index contributed by atoms with van der Waals surface area (Å²) in [6.07, 6.45) is 3.31. The predicted octanol–water partition coefficient (Wildman–Crippen LogP) is 0.175. The van der Waals surface area contributed by atoms with Crippen LogP contribution in [0.1, 0.15) is 18.5 Å². The average Bonchev–Trinajstić information content (AvgIpc) is 2.87. The molecule has 3 aromatic rings. The zero-order chi connectivity index (χ0) is 23.5. The number of amides is 1. The van der Waals surface area contributed by atoms with Gasteiger partial charge in [-0.3, -0.25) is 14.2 Å². The SMILES string of the molecule is COc1ccc2ncc(=O)n(CCN3CCC(NCc4cc5c(nn4)OCC(=O)N5)CC3)c2n1. The standard InChI is InChI=1S/C22H26N8O4/c1-33-19-3-2-16-21(26-19)30(20(32)12-24-16)9-8-29-6-4-14(5-7-29)23-11-15-10-17-22(28-27-15)34-13-18(31)25-17/h2-3,10,12,14,23H,4-9,11,13H2,1H3,(H,25,31). The van der Waals surface area contributed by atoms with E-state index >= 15 is 0 Å². The number of methoxy groups -OCH3 is 1. The minimum Gasteiger partial charge on any atom is -0.481 e. The molecule has 178 valence electrons. The van der Waals surface area contributed by atoms with Crippen molar-refractivity contribution >= 4 is 22.8 Å². The molecule has 1 amide bonds. The molecule has 1 saturated heterocycles. The minimum atomic E-state index is -0.191. The highest BCUT2D eigenvalue weighted by Gasteiger charge is 2.21. The highest BCUT2D eigenvalue weighted by Crippen LogP contribution is 2.24. The smallest absolute Gasteiger partial charge is 0.270 e. The third-order valence-corrected chi connectivity index (χ3v) is 6.10. The number of hydrogen-bond acceptors (Lipinski definition) is 10. The first-order chi connectivity index (χ1) is 16.6. The molecule has 12 nitrogen and oxygen atoms in total. The molecule has 0 unspecified atom stereocenters. The Morgan fingerprint density at radius 2 is 2.06 bits per heavy atom. The minimum absolute atomic E-state index is 0.0332. The van der Waals surface area contributed by atoms with Gasteiger partial charge >= 0.3 is 0 Å². The van der Waals surface area contributed by atoms with Crippen molar-refractivity contribution in [2.75, 3.05) is 38.7 Å². The van der Waals surface area contributed by atoms with E-state index in [-0.39, 0.29) is 18.1 Å². The van der Waals surface area contributed by atoms with Gasteiger partial charge < -0.3 is 25.0 Å². The number of anilines is 1. The average molecular weight is 467 g/mol. The Morgan fingerprint density at radius 1 is 1.21 bits per heavy atom. The summed E-state index contributed by atoms with van der Waals surface area (Å²) in [4.78, 5) is 34.9. The van der Waals surface area contributed by atoms with Gasteiger partial charge in [-0.1, -0.05) is 0 Å². The predicted molar refractivity (Wildman–Crippen MR) is 123 cm³/mol. The molecular weight excluding hydrogens is 440 g/mol. The Labute approximate surface area is 195 Å². The lowest BCUT2D eigenvalue weighted by molar-refractivity contribution is -0.118. The van der Waals surface area contributed by atoms with E-state index in [0.717, 1.165) is 38.2 Å². The van der Waals surface area contributed by atoms with Crippen LogP contribution in [0.15, 0.2) is 29.2 Å². The number of rotatable bonds is 7. The summed E-state index contributed by atoms with van der Waals surface area (Å²) in [5.41, 5.74) is 2.34. The van der Waals surface area contributed by atoms with Crippen molar-refractivity contribution in [3.8, 4) is 11.8 Å². The first-order valence-corrected chi connectivity index (χ1v) is 11.2. The van der Waals surface area contributed by atoms with Gasteiger partial charge in [0.15, 0.2) is 12.3 Å². The fraction of sp³-hybridized carbons (Fsp3) is 0.455. The number of fused-ring (bicyclic) bond motifs is 2. The number of nitrogens with zero attached hydrogens (tertiary/aromatic N) is 6. The van der Waals surface area contributed by atoms with Gasteiger partial charge in [-0.15, -0.1) is 5.10 Å². The van der Waals surface area contributed by atoms with Gasteiger partial charge in [0, 0.05) is 31.7 Å². The molecule has 2 aliphatic rings. The third-order valence-electron chi connectivity index (χ3n) is 6.10. The molecule has 0 radical (unpaired) electrons. The largest absolute Gasteiger partial charge is 0.481 e. The highest BCUT2D eigenvalue weighted by atomic mass is 16.5. The van der Waals surface area contributed by atoms with Crippen molar-refractivity contribution in [1.29, 1.82) is 0 Å². The molecule has 34 heavy (non-hydrogen) atoms. The molecule has 0 atom stereocenters. The number of likely N-dealkylation sites (tertiary alicyclic amines) is 1. The Hall–Kier alpha value is -3.64. The summed E-state index contributed by atoms with van der Waals surface area (Å²) in [6, 6.07) is 5.70. The molecule has 12 heteroatoms. The first-order valence-electron chi connectivity index (χ1n) is 11.2. The number of hydrogen-bond donors (Lipinski definition) is 2. The van der Waals surface area contributed by atoms with Gasteiger partial charge in [-0.05, 0) is 38.1 Å². The topological polar surface area (TPSA) is 136 Å². The summed E-state index contributed by atoms with van der Waals surface area (Å²) in [5.74, 6) is 0.620. The van der Waals surface area contributed by atoms with E-state index in [4.69, 9.17) is 9.47 Å². The molecule has 1 fully saturated rings. The number of piperidine rings is 1. The van der Waals surface area contributed by atoms with Gasteiger partial charge in [0.05, 0.1) is 19.0 Å². The van der Waals surface area contributed by atoms with Crippen molar-refractivity contribution in [1.82, 2.24) is 34.9 Å². The maximum absolute atomic E-state index is 12.4. The molecular formula is C22H26N8O4. The molecule has 3 aromatic heterocycles. The number of pyridine rings is 1. The van der Waals surface area contributed by atoms with Crippen molar-refractivity contribution in [2.45, 2.75) is 32.0 Å². The zero-order valence-electron chi connectivity index (χ0n) is 18.9. The van der Waals surface area contributed by atoms with E-state index in [9.17, 15) is 9.59 Å². The van der Waals surface area contributed by atoms with Gasteiger partial charge in [-0.25, -0.2) is 4.98 Å². The van der Waals surface area contributed by atoms with Gasteiger partial charge in [0.1, 0.15) is 11.2 Å². The molecule has 0 aliphatic carbocycles. The van der Waals surface area contributed by atoms with Crippen molar-refractivity contribution < 1.29 is 14.3 Å². The Kier molecular flexibility index (Phi) is 6.32. The molecule has 0 bridgehead atoms. The Bertz CT molecular complexity index is 1260. The van der Waals surface area contributed by atoms with E-state index in [1.165, 1.54) is 6.20 Å². The summed E-state index contributed by atoms with van der Waals surface area (Å²) < 4.78 is 12.1. The van der Waals surface area contributed by atoms with Crippen LogP contribution in [0, 0.1) is 0 Å². The van der Waals surface area contributed by atoms with Crippen LogP contribution in [0.25, 0.3) is 11.2 Å². The summed E-state index contributed by atoms with van der Waals surface area (Å²) in [5, 5.41) is 14.5. The maximum Gasteiger partial charge on any atom is 0.270 e. The monoisotopic (exact) mass is 466 g/mol. The second-order valence-electron chi connectivity index (χ2n) is 8.33. The number of ether oxygens (including phenoxy) is 2. The number of carbonyl (C=O) groups is 1. The summed E-state index contributed by atoms with van der Waals surface area (Å²) in [6.45, 7) is 3.66. The second-order valence-corrected chi connectivity index (χ2v) is 8.33. The Balaban J connectivity index is 1.13. The van der Waals surface area contributed by atoms with Crippen LogP contribution >= 0.6 is 0 Å². The lowest BCUT2D eigenvalue weighted by atomic mass is 10.0. The van der Waals surface area contributed by atoms with Crippen LogP contribution in [0.3, 0.4) is 0 Å². The van der Waals surface area contributed by atoms with Crippen molar-refractivity contribution in [3.05, 3.63) is 40.4 Å². The van der Waals surface area contributed by atoms with Crippen LogP contribution in [0.2, 0.25) is 0 Å². The van der Waals surface area contributed by atoms with Crippen LogP contribution in [-0.2, 0) is 17.9 Å². The Morgan fingerprint density at radius 3 is 2.88 bits per heavy atom. The maximum atomic E-state index is 12.4. The molecule has 2 aliphatic heterocycles. The van der Waals surface area contributed by atoms with Crippen LogP contribution in [0.4, 0.5) is 5.69 Å². The fourth-order valence-corrected chi connectivity index (χ4v) is 4.23. The number of carbonyl (C=O) groups excluding carboxylic acids is 1. The normalized spacial score (nSPS) is 16.7. The molecule has 2 N–H and O–H groups in total. The molecule has 5 heterocycles. The van der Waals surface area contributed by atoms with Gasteiger partial charge in [0.25, 0.3) is 17.3 Å². The van der Waals surface area contributed by atoms with E-state index in [0.29, 0.717) is 47.7 Å². The van der Waals surface area contributed by atoms with E-state index in [1.54, 1.807) is 23.8 Å². The lowest BCUT2D eigenvalue weighted by Crippen LogP contribution is -2.43. The summed E-state index contributed by atoms with van der Waals surface area (Å²) in [7, 11) is 1.55. The molecule has 0 spiro atoms. The first kappa shape index (κ1) is 22.2. The second kappa shape index (κ2) is 9.69. The van der Waals surface area contributed by atoms with Crippen LogP contribution < -0.4 is 25.7 Å². The number of nitrogens with one attached hydrogen (secondary N) is 2. The van der Waals surface area contributed by atoms with Gasteiger partial charge in [0.2, 0.25) is 5.88 Å². The molecule has 5 rings (SSSR count). The molecule has 0 aromatic carbocycles. The molecule has 0 saturated carbocycles. The van der Waals surface area contributed by atoms with Crippen LogP contribution in [0.5, 0.6) is 11.8 Å². The van der Waals surface area contributed by atoms with Crippen LogP contribution in [-0.4, -0.2) is 74.9 Å². The van der Waals surface area contributed by atoms with E-state index < -0.39 is 0 Å². The van der Waals surface area contributed by atoms with E-state index in [1.807, 2.05) is 6.07 Å². The third kappa shape index (κ3) is 4.82. The van der Waals surface area contributed by atoms with E-state index in [2.05, 4.69) is 35.7 Å². The van der Waals surface area contributed by atoms with Gasteiger partial charge in [-0.2, -0.15) is 10.1 Å². The fourth-order valence-electron chi connectivity index (χ4n) is 4.23. The quantitative estimate of drug-likeness (QED) is 0.496. The van der Waals surface area contributed by atoms with Crippen molar-refractivity contribution in [3.63, 3.8) is 0 Å².